The summed E-state index contributed by atoms with van der Waals surface area (Å²) in [6.45, 7) is 14.5. The Hall–Kier alpha value is -5.60. The second-order valence-electron chi connectivity index (χ2n) is 19.0. The third-order valence-electron chi connectivity index (χ3n) is 12.3. The van der Waals surface area contributed by atoms with Gasteiger partial charge in [-0.3, -0.25) is 28.8 Å². The van der Waals surface area contributed by atoms with Gasteiger partial charge in [0.25, 0.3) is 0 Å². The lowest BCUT2D eigenvalue weighted by Gasteiger charge is -2.29. The van der Waals surface area contributed by atoms with Crippen molar-refractivity contribution >= 4 is 56.4 Å². The van der Waals surface area contributed by atoms with Crippen molar-refractivity contribution in [1.29, 1.82) is 0 Å². The van der Waals surface area contributed by atoms with Crippen molar-refractivity contribution in [2.45, 2.75) is 124 Å². The number of ketones is 5. The third kappa shape index (κ3) is 13.4. The molecule has 8 nitrogen and oxygen atoms in total. The average Bonchev–Trinajstić information content (AvgIpc) is 3.24. The van der Waals surface area contributed by atoms with E-state index in [-0.39, 0.29) is 73.0 Å². The zero-order valence-electron chi connectivity index (χ0n) is 38.5. The zero-order valence-corrected chi connectivity index (χ0v) is 38.5. The van der Waals surface area contributed by atoms with Gasteiger partial charge in [0, 0.05) is 61.8 Å². The number of nitrogens with one attached hydrogen (secondary N) is 2. The van der Waals surface area contributed by atoms with E-state index in [1.54, 1.807) is 13.8 Å². The molecule has 0 aliphatic rings. The zero-order chi connectivity index (χ0) is 45.9. The summed E-state index contributed by atoms with van der Waals surface area (Å²) in [5.41, 5.74) is 0.643. The van der Waals surface area contributed by atoms with E-state index >= 15 is 0 Å². The van der Waals surface area contributed by atoms with E-state index in [9.17, 15) is 28.8 Å². The molecule has 0 aromatic heterocycles. The van der Waals surface area contributed by atoms with Crippen LogP contribution in [0.5, 0.6) is 0 Å². The largest absolute Gasteiger partial charge is 0.344 e. The SMILES string of the molecule is CC(C)NC(C)(C)C(=O)C[C@H](Cc1cccc2ccccc12)C(=O)CCC(=O)NC(C)(C)C(=O)C[C@H](Cc1ccccc1)C(=O)C[C@H](Cc1cccc2ccccc12)C(=O)C(C)C. The molecule has 1 amide bonds. The second-order valence-corrected chi connectivity index (χ2v) is 19.0. The predicted octanol–water partition coefficient (Wildman–Crippen LogP) is 9.99. The van der Waals surface area contributed by atoms with E-state index in [1.807, 2.05) is 157 Å². The molecule has 63 heavy (non-hydrogen) atoms. The molecule has 0 aliphatic carbocycles. The van der Waals surface area contributed by atoms with E-state index in [2.05, 4.69) is 10.6 Å². The van der Waals surface area contributed by atoms with Crippen LogP contribution in [-0.4, -0.2) is 51.9 Å². The van der Waals surface area contributed by atoms with Crippen LogP contribution >= 0.6 is 0 Å². The molecule has 5 aromatic rings. The molecule has 3 atom stereocenters. The Morgan fingerprint density at radius 3 is 1.51 bits per heavy atom. The quantitative estimate of drug-likeness (QED) is 0.0633. The predicted molar refractivity (Wildman–Crippen MR) is 253 cm³/mol. The fourth-order valence-electron chi connectivity index (χ4n) is 8.81. The normalized spacial score (nSPS) is 13.5. The Morgan fingerprint density at radius 1 is 0.492 bits per heavy atom. The smallest absolute Gasteiger partial charge is 0.221 e. The Kier molecular flexibility index (Phi) is 16.7. The molecule has 0 saturated heterocycles. The molecule has 5 rings (SSSR count). The molecule has 0 radical (unpaired) electrons. The van der Waals surface area contributed by atoms with Crippen molar-refractivity contribution in [3.63, 3.8) is 0 Å². The fraction of sp³-hybridized carbons (Fsp3) is 0.418. The Balaban J connectivity index is 1.29. The van der Waals surface area contributed by atoms with Crippen molar-refractivity contribution in [3.05, 3.63) is 132 Å². The molecule has 0 saturated carbocycles. The minimum atomic E-state index is -1.35. The topological polar surface area (TPSA) is 126 Å². The van der Waals surface area contributed by atoms with Crippen LogP contribution in [0.2, 0.25) is 0 Å². The van der Waals surface area contributed by atoms with E-state index < -0.39 is 34.7 Å². The lowest BCUT2D eigenvalue weighted by molar-refractivity contribution is -0.135. The highest BCUT2D eigenvalue weighted by molar-refractivity contribution is 5.98. The number of Topliss-reactive ketones (excluding diaryl/α,β-unsaturated/α-hetero) is 5. The van der Waals surface area contributed by atoms with Crippen molar-refractivity contribution in [1.82, 2.24) is 10.6 Å². The van der Waals surface area contributed by atoms with Crippen LogP contribution in [-0.2, 0) is 48.0 Å². The van der Waals surface area contributed by atoms with Crippen LogP contribution in [0.4, 0.5) is 0 Å². The van der Waals surface area contributed by atoms with Gasteiger partial charge >= 0.3 is 0 Å². The second kappa shape index (κ2) is 21.7. The molecular weight excluding hydrogens is 785 g/mol. The van der Waals surface area contributed by atoms with Crippen LogP contribution < -0.4 is 10.6 Å². The molecule has 5 aromatic carbocycles. The molecule has 0 bridgehead atoms. The first-order valence-electron chi connectivity index (χ1n) is 22.6. The first kappa shape index (κ1) is 48.4. The number of rotatable bonds is 24. The first-order valence-corrected chi connectivity index (χ1v) is 22.6. The summed E-state index contributed by atoms with van der Waals surface area (Å²) < 4.78 is 0. The Morgan fingerprint density at radius 2 is 0.968 bits per heavy atom. The summed E-state index contributed by atoms with van der Waals surface area (Å²) in [4.78, 5) is 83.6. The lowest BCUT2D eigenvalue weighted by Crippen LogP contribution is -2.51. The van der Waals surface area contributed by atoms with Gasteiger partial charge in [-0.15, -0.1) is 0 Å². The van der Waals surface area contributed by atoms with Gasteiger partial charge in [0.1, 0.15) is 17.3 Å². The van der Waals surface area contributed by atoms with E-state index in [0.29, 0.717) is 19.3 Å². The van der Waals surface area contributed by atoms with Crippen molar-refractivity contribution in [2.24, 2.45) is 23.7 Å². The Labute approximate surface area is 374 Å². The third-order valence-corrected chi connectivity index (χ3v) is 12.3. The maximum absolute atomic E-state index is 14.4. The summed E-state index contributed by atoms with van der Waals surface area (Å²) >= 11 is 0. The van der Waals surface area contributed by atoms with E-state index in [4.69, 9.17) is 0 Å². The summed E-state index contributed by atoms with van der Waals surface area (Å²) in [7, 11) is 0. The maximum atomic E-state index is 14.4. The van der Waals surface area contributed by atoms with Crippen molar-refractivity contribution < 1.29 is 28.8 Å². The molecule has 8 heteroatoms. The molecule has 0 aliphatic heterocycles. The van der Waals surface area contributed by atoms with Gasteiger partial charge in [0.15, 0.2) is 11.6 Å². The van der Waals surface area contributed by atoms with Crippen molar-refractivity contribution in [3.8, 4) is 0 Å². The molecule has 332 valence electrons. The van der Waals surface area contributed by atoms with E-state index in [1.165, 1.54) is 0 Å². The number of carbonyl (C=O) groups excluding carboxylic acids is 6. The van der Waals surface area contributed by atoms with Gasteiger partial charge in [-0.25, -0.2) is 0 Å². The Bertz CT molecular complexity index is 2400. The number of hydrogen-bond acceptors (Lipinski definition) is 7. The van der Waals surface area contributed by atoms with Gasteiger partial charge in [-0.05, 0) is 99.0 Å². The van der Waals surface area contributed by atoms with Crippen LogP contribution in [0.1, 0.15) is 104 Å². The summed E-state index contributed by atoms with van der Waals surface area (Å²) in [5, 5.41) is 10.3. The number of amides is 1. The lowest BCUT2D eigenvalue weighted by atomic mass is 9.79. The summed E-state index contributed by atoms with van der Waals surface area (Å²) in [5.74, 6) is -3.47. The van der Waals surface area contributed by atoms with Gasteiger partial charge in [-0.1, -0.05) is 129 Å². The van der Waals surface area contributed by atoms with Crippen LogP contribution in [0, 0.1) is 23.7 Å². The molecule has 0 heterocycles. The number of benzene rings is 5. The van der Waals surface area contributed by atoms with Gasteiger partial charge in [0.05, 0.1) is 11.1 Å². The fourth-order valence-corrected chi connectivity index (χ4v) is 8.81. The monoisotopic (exact) mass is 850 g/mol. The van der Waals surface area contributed by atoms with Gasteiger partial charge in [0.2, 0.25) is 5.91 Å². The van der Waals surface area contributed by atoms with Crippen molar-refractivity contribution in [2.75, 3.05) is 0 Å². The van der Waals surface area contributed by atoms with E-state index in [0.717, 1.165) is 38.2 Å². The minimum Gasteiger partial charge on any atom is -0.344 e. The minimum absolute atomic E-state index is 0.00266. The highest BCUT2D eigenvalue weighted by Crippen LogP contribution is 2.29. The van der Waals surface area contributed by atoms with Crippen LogP contribution in [0.25, 0.3) is 21.5 Å². The highest BCUT2D eigenvalue weighted by Gasteiger charge is 2.36. The van der Waals surface area contributed by atoms with Crippen LogP contribution in [0.15, 0.2) is 115 Å². The van der Waals surface area contributed by atoms with Gasteiger partial charge in [-0.2, -0.15) is 0 Å². The van der Waals surface area contributed by atoms with Crippen LogP contribution in [0.3, 0.4) is 0 Å². The number of carbonyl (C=O) groups is 6. The highest BCUT2D eigenvalue weighted by atomic mass is 16.2. The number of fused-ring (bicyclic) bond motifs is 2. The number of hydrogen-bond donors (Lipinski definition) is 2. The summed E-state index contributed by atoms with van der Waals surface area (Å²) in [6.07, 6.45) is 0.664. The molecule has 0 unspecified atom stereocenters. The first-order chi connectivity index (χ1) is 29.8. The average molecular weight is 851 g/mol. The summed E-state index contributed by atoms with van der Waals surface area (Å²) in [6, 6.07) is 37.5. The molecule has 0 spiro atoms. The standard InChI is InChI=1S/C55H66N2O6/c1-36(2)53(63)45(32-42-25-17-23-40-21-13-15-27-47(40)42)33-49(59)43(30-38-18-10-9-11-19-38)34-51(61)55(7,8)57-52(62)29-28-48(58)44(35-50(60)54(5,6)56-37(3)4)31-41-24-16-22-39-20-12-14-26-46(39)41/h9-27,36-37,43-45,56H,28-35H2,1-8H3,(H,57,62)/t43-,44-,45-/m0/s1. The molecular formula is C55H66N2O6. The molecule has 0 fully saturated rings. The maximum Gasteiger partial charge on any atom is 0.221 e. The molecule has 2 N–H and O–H groups in total. The van der Waals surface area contributed by atoms with Gasteiger partial charge < -0.3 is 10.6 Å².